The van der Waals surface area contributed by atoms with Crippen LogP contribution in [0, 0.1) is 5.92 Å². The summed E-state index contributed by atoms with van der Waals surface area (Å²) >= 11 is 0. The van der Waals surface area contributed by atoms with Crippen LogP contribution in [0.2, 0.25) is 0 Å². The minimum atomic E-state index is -1.98. The van der Waals surface area contributed by atoms with E-state index in [1.807, 2.05) is 0 Å². The fourth-order valence-electron chi connectivity index (χ4n) is 7.68. The summed E-state index contributed by atoms with van der Waals surface area (Å²) in [7, 11) is 2.72. The molecule has 16 N–H and O–H groups in total. The number of methoxy groups -OCH3 is 2. The average molecular weight is 972 g/mol. The molecule has 25 atom stereocenters. The first-order valence-corrected chi connectivity index (χ1v) is 21.5. The predicted octanol–water partition coefficient (Wildman–Crippen LogP) is -8.79. The third-order valence-electron chi connectivity index (χ3n) is 11.2. The maximum atomic E-state index is 12.3. The van der Waals surface area contributed by atoms with Crippen LogP contribution in [-0.4, -0.2) is 283 Å². The van der Waals surface area contributed by atoms with Crippen LogP contribution in [-0.2, 0) is 52.2 Å². The molecule has 0 spiro atoms. The molecule has 27 heteroatoms. The molecule has 0 radical (unpaired) electrons. The van der Waals surface area contributed by atoms with Gasteiger partial charge < -0.3 is 129 Å². The lowest BCUT2D eigenvalue weighted by Gasteiger charge is -2.50. The van der Waals surface area contributed by atoms with Crippen molar-refractivity contribution >= 4 is 5.91 Å². The van der Waals surface area contributed by atoms with Gasteiger partial charge in [0, 0.05) is 21.1 Å². The van der Waals surface area contributed by atoms with Crippen molar-refractivity contribution in [2.24, 2.45) is 5.92 Å². The second-order valence-electron chi connectivity index (χ2n) is 17.1. The monoisotopic (exact) mass is 971 g/mol. The standard InChI is InChI=1S/C27H47NO20.C8H16O6.C4H10/c1-7-14(34)19(39)22(12(6-32)42-7)46-27-21(41)24(17(37)11(5-31)45-27)48-25-13(28-8(2)33)23(16(36)10(4-30)43-25)47-26-20(40)18(38)15(35)9(3-29)44-26;1-12-7-4(3-9)14-8(13-2)6(11)5(7)10;1-4(2)3/h7,9-27,29-32,34-41H,3-6H2,1-2H3,(H,28,33);4-11H,3H2,1-2H3;4H,1-3H3/t7-,9?,10?,11?,12?,13?,14?,15-,16-,17-,18-,19+,20?,21?,22-,23+,24-,25-,26-,27+;4?,5-,6?,7-,8-;/m01./s1. The minimum absolute atomic E-state index is 0.303. The fraction of sp³-hybridized carbons (Fsp3) is 0.974. The molecular weight excluding hydrogens is 898 g/mol. The van der Waals surface area contributed by atoms with Gasteiger partial charge in [-0.15, -0.1) is 0 Å². The number of nitrogens with one attached hydrogen (secondary N) is 1. The van der Waals surface area contributed by atoms with Gasteiger partial charge in [0.05, 0.1) is 39.1 Å². The zero-order valence-corrected chi connectivity index (χ0v) is 37.7. The molecule has 5 fully saturated rings. The Labute approximate surface area is 380 Å². The van der Waals surface area contributed by atoms with Crippen LogP contribution >= 0.6 is 0 Å². The summed E-state index contributed by atoms with van der Waals surface area (Å²) in [5.74, 6) is 0.0888. The third kappa shape index (κ3) is 14.3. The van der Waals surface area contributed by atoms with Crippen LogP contribution in [0.4, 0.5) is 0 Å². The van der Waals surface area contributed by atoms with E-state index >= 15 is 0 Å². The topological polar surface area (TPSA) is 425 Å². The molecule has 5 aliphatic heterocycles. The van der Waals surface area contributed by atoms with Gasteiger partial charge >= 0.3 is 0 Å². The normalized spacial score (nSPS) is 46.4. The van der Waals surface area contributed by atoms with Gasteiger partial charge in [0.15, 0.2) is 25.2 Å². The molecule has 0 saturated carbocycles. The number of rotatable bonds is 14. The third-order valence-corrected chi connectivity index (χ3v) is 11.2. The van der Waals surface area contributed by atoms with E-state index in [1.165, 1.54) is 21.1 Å². The number of ether oxygens (including phenoxy) is 10. The second kappa shape index (κ2) is 27.2. The average Bonchev–Trinajstić information content (AvgIpc) is 3.28. The lowest BCUT2D eigenvalue weighted by molar-refractivity contribution is -0.375. The predicted molar refractivity (Wildman–Crippen MR) is 215 cm³/mol. The number of carbonyl (C=O) groups excluding carboxylic acids is 1. The Balaban J connectivity index is 0.000000536. The first-order valence-electron chi connectivity index (χ1n) is 21.5. The number of hydrogen-bond acceptors (Lipinski definition) is 26. The number of hydrogen-bond donors (Lipinski definition) is 16. The van der Waals surface area contributed by atoms with Crippen LogP contribution in [0.15, 0.2) is 0 Å². The van der Waals surface area contributed by atoms with Crippen LogP contribution in [0.25, 0.3) is 0 Å². The molecule has 0 aliphatic carbocycles. The summed E-state index contributed by atoms with van der Waals surface area (Å²) in [4.78, 5) is 12.3. The van der Waals surface area contributed by atoms with Crippen LogP contribution < -0.4 is 5.32 Å². The van der Waals surface area contributed by atoms with Crippen molar-refractivity contribution in [2.75, 3.05) is 47.3 Å². The first-order chi connectivity index (χ1) is 31.1. The van der Waals surface area contributed by atoms with Crippen LogP contribution in [0.1, 0.15) is 34.6 Å². The number of aliphatic hydroxyl groups is 15. The zero-order chi connectivity index (χ0) is 49.9. The van der Waals surface area contributed by atoms with Crippen molar-refractivity contribution in [1.82, 2.24) is 5.32 Å². The maximum absolute atomic E-state index is 12.3. The van der Waals surface area contributed by atoms with Gasteiger partial charge in [-0.3, -0.25) is 4.79 Å². The summed E-state index contributed by atoms with van der Waals surface area (Å²) in [5.41, 5.74) is 0. The first kappa shape index (κ1) is 58.8. The Morgan fingerprint density at radius 2 is 0.848 bits per heavy atom. The van der Waals surface area contributed by atoms with E-state index in [9.17, 15) is 76.3 Å². The van der Waals surface area contributed by atoms with E-state index in [0.717, 1.165) is 12.8 Å². The molecule has 5 heterocycles. The van der Waals surface area contributed by atoms with Crippen molar-refractivity contribution in [3.05, 3.63) is 0 Å². The molecular formula is C39H73NO26. The molecule has 390 valence electrons. The van der Waals surface area contributed by atoms with Crippen LogP contribution in [0.3, 0.4) is 0 Å². The number of amides is 1. The minimum Gasteiger partial charge on any atom is -0.394 e. The summed E-state index contributed by atoms with van der Waals surface area (Å²) in [5, 5.41) is 155. The molecule has 0 aromatic rings. The van der Waals surface area contributed by atoms with Crippen molar-refractivity contribution in [3.8, 4) is 0 Å². The Morgan fingerprint density at radius 3 is 1.33 bits per heavy atom. The van der Waals surface area contributed by atoms with Gasteiger partial charge in [-0.2, -0.15) is 0 Å². The van der Waals surface area contributed by atoms with Crippen molar-refractivity contribution in [1.29, 1.82) is 0 Å². The molecule has 5 aliphatic rings. The Hall–Kier alpha value is -1.53. The SMILES string of the molecule is CC(=O)NC1[C@H](O[C@@H]2C(O)[C@@H](O[C@H]3C(CO)O[C@@H](C)C(O)[C@H]3O)OC(CO)[C@@H]2O)OC(CO)[C@H](O)[C@@H]1O[C@@H]1OC(CO)[C@H](O)[C@H](O)C1O.CC(C)C.CO[C@@H]1OC(CO)[C@@H](OC)[C@H](O)C1O. The Bertz CT molecular complexity index is 1380. The summed E-state index contributed by atoms with van der Waals surface area (Å²) < 4.78 is 54.3. The van der Waals surface area contributed by atoms with E-state index in [-0.39, 0.29) is 6.61 Å². The fourth-order valence-corrected chi connectivity index (χ4v) is 7.68. The van der Waals surface area contributed by atoms with Crippen molar-refractivity contribution in [3.63, 3.8) is 0 Å². The summed E-state index contributed by atoms with van der Waals surface area (Å²) in [6.45, 7) is 5.49. The highest BCUT2D eigenvalue weighted by Gasteiger charge is 2.56. The lowest BCUT2D eigenvalue weighted by Crippen LogP contribution is -2.70. The number of aliphatic hydroxyl groups excluding tert-OH is 15. The quantitative estimate of drug-likeness (QED) is 0.0768. The van der Waals surface area contributed by atoms with Gasteiger partial charge in [-0.05, 0) is 12.8 Å². The van der Waals surface area contributed by atoms with Gasteiger partial charge in [0.2, 0.25) is 5.91 Å². The molecule has 66 heavy (non-hydrogen) atoms. The molecule has 5 rings (SSSR count). The van der Waals surface area contributed by atoms with Crippen molar-refractivity contribution in [2.45, 2.75) is 188 Å². The van der Waals surface area contributed by atoms with Crippen LogP contribution in [0.5, 0.6) is 0 Å². The highest BCUT2D eigenvalue weighted by molar-refractivity contribution is 5.73. The molecule has 0 aromatic carbocycles. The van der Waals surface area contributed by atoms with Gasteiger partial charge in [0.1, 0.15) is 122 Å². The summed E-state index contributed by atoms with van der Waals surface area (Å²) in [6.07, 6.45) is -35.9. The molecule has 5 saturated heterocycles. The smallest absolute Gasteiger partial charge is 0.217 e. The van der Waals surface area contributed by atoms with E-state index in [4.69, 9.17) is 52.5 Å². The van der Waals surface area contributed by atoms with E-state index in [2.05, 4.69) is 26.1 Å². The van der Waals surface area contributed by atoms with Gasteiger partial charge in [-0.25, -0.2) is 0 Å². The van der Waals surface area contributed by atoms with Crippen molar-refractivity contribution < 1.29 is 129 Å². The zero-order valence-electron chi connectivity index (χ0n) is 37.7. The number of carbonyl (C=O) groups is 1. The molecule has 0 aromatic heterocycles. The van der Waals surface area contributed by atoms with E-state index < -0.39 is 186 Å². The highest BCUT2D eigenvalue weighted by Crippen LogP contribution is 2.35. The Kier molecular flexibility index (Phi) is 24.2. The van der Waals surface area contributed by atoms with E-state index in [1.54, 1.807) is 0 Å². The van der Waals surface area contributed by atoms with Gasteiger partial charge in [-0.1, -0.05) is 20.8 Å². The molecule has 0 bridgehead atoms. The largest absolute Gasteiger partial charge is 0.394 e. The highest BCUT2D eigenvalue weighted by atomic mass is 16.8. The molecule has 1 amide bonds. The summed E-state index contributed by atoms with van der Waals surface area (Å²) in [6, 6.07) is -1.58. The lowest BCUT2D eigenvalue weighted by atomic mass is 9.94. The molecule has 10 unspecified atom stereocenters. The Morgan fingerprint density at radius 1 is 0.455 bits per heavy atom. The maximum Gasteiger partial charge on any atom is 0.217 e. The van der Waals surface area contributed by atoms with E-state index in [0.29, 0.717) is 0 Å². The second-order valence-corrected chi connectivity index (χ2v) is 17.1. The molecule has 27 nitrogen and oxygen atoms in total. The van der Waals surface area contributed by atoms with Gasteiger partial charge in [0.25, 0.3) is 0 Å².